The Kier molecular flexibility index (Phi) is 14.8. The summed E-state index contributed by atoms with van der Waals surface area (Å²) in [6.45, 7) is 13.4. The number of aliphatic imine (C=N–C) groups is 1. The van der Waals surface area contributed by atoms with Gasteiger partial charge in [0.1, 0.15) is 0 Å². The first kappa shape index (κ1) is 45.6. The maximum Gasteiger partial charge on any atom is 0.160 e. The van der Waals surface area contributed by atoms with Crippen LogP contribution in [0.2, 0.25) is 0 Å². The van der Waals surface area contributed by atoms with E-state index in [2.05, 4.69) is 252 Å². The Hall–Kier alpha value is -8.01. The molecule has 0 bridgehead atoms. The first-order chi connectivity index (χ1) is 33.0. The second-order valence-corrected chi connectivity index (χ2v) is 16.7. The zero-order chi connectivity index (χ0) is 46.4. The van der Waals surface area contributed by atoms with Crippen LogP contribution in [0.4, 0.5) is 0 Å². The van der Waals surface area contributed by atoms with Crippen molar-refractivity contribution in [2.45, 2.75) is 45.6 Å². The summed E-state index contributed by atoms with van der Waals surface area (Å²) >= 11 is 0. The van der Waals surface area contributed by atoms with Gasteiger partial charge in [0.2, 0.25) is 0 Å². The summed E-state index contributed by atoms with van der Waals surface area (Å²) in [6, 6.07) is 79.5. The van der Waals surface area contributed by atoms with E-state index in [1.807, 2.05) is 12.1 Å². The van der Waals surface area contributed by atoms with Crippen LogP contribution in [0, 0.1) is 0 Å². The Morgan fingerprint density at radius 2 is 0.836 bits per heavy atom. The molecule has 8 aromatic carbocycles. The minimum atomic E-state index is -0.149. The van der Waals surface area contributed by atoms with Crippen molar-refractivity contribution in [3.05, 3.63) is 272 Å². The van der Waals surface area contributed by atoms with Gasteiger partial charge in [0.05, 0.1) is 23.6 Å². The molecule has 0 amide bonds. The highest BCUT2D eigenvalue weighted by atomic mass is 14.9. The predicted molar refractivity (Wildman–Crippen MR) is 285 cm³/mol. The molecule has 0 aliphatic rings. The van der Waals surface area contributed by atoms with Crippen molar-refractivity contribution in [2.75, 3.05) is 0 Å². The third-order valence-corrected chi connectivity index (χ3v) is 12.8. The van der Waals surface area contributed by atoms with Crippen LogP contribution in [0.5, 0.6) is 0 Å². The van der Waals surface area contributed by atoms with E-state index in [9.17, 15) is 0 Å². The lowest BCUT2D eigenvalue weighted by atomic mass is 9.70. The molecule has 9 rings (SSSR count). The number of aromatic nitrogens is 2. The van der Waals surface area contributed by atoms with Crippen LogP contribution in [-0.4, -0.2) is 15.7 Å². The van der Waals surface area contributed by atoms with Crippen LogP contribution >= 0.6 is 0 Å². The first-order valence-electron chi connectivity index (χ1n) is 23.2. The lowest BCUT2D eigenvalue weighted by molar-refractivity contribution is 0.478. The first-order valence-corrected chi connectivity index (χ1v) is 23.2. The highest BCUT2D eigenvalue weighted by Crippen LogP contribution is 2.40. The van der Waals surface area contributed by atoms with E-state index in [0.717, 1.165) is 52.2 Å². The Labute approximate surface area is 397 Å². The Balaban J connectivity index is 0.00000300. The second-order valence-electron chi connectivity index (χ2n) is 16.7. The molecule has 0 spiro atoms. The minimum absolute atomic E-state index is 0.149. The van der Waals surface area contributed by atoms with Crippen LogP contribution in [-0.2, 0) is 12.0 Å². The van der Waals surface area contributed by atoms with E-state index >= 15 is 0 Å². The second kappa shape index (κ2) is 21.8. The fourth-order valence-corrected chi connectivity index (χ4v) is 8.90. The largest absolute Gasteiger partial charge is 0.280 e. The van der Waals surface area contributed by atoms with Crippen molar-refractivity contribution in [3.8, 4) is 56.2 Å². The fourth-order valence-electron chi connectivity index (χ4n) is 8.90. The van der Waals surface area contributed by atoms with Gasteiger partial charge in [-0.2, -0.15) is 0 Å². The summed E-state index contributed by atoms with van der Waals surface area (Å²) < 4.78 is 0. The fraction of sp³-hybridized carbons (Fsp3) is 0.109. The summed E-state index contributed by atoms with van der Waals surface area (Å²) in [7, 11) is 0. The number of rotatable bonds is 14. The van der Waals surface area contributed by atoms with Crippen LogP contribution in [0.3, 0.4) is 0 Å². The quantitative estimate of drug-likeness (QED) is 0.0807. The molecule has 0 N–H and O–H groups in total. The molecular formula is C64H57N3. The number of hydrogen-bond donors (Lipinski definition) is 0. The van der Waals surface area contributed by atoms with E-state index in [1.54, 1.807) is 0 Å². The highest BCUT2D eigenvalue weighted by molar-refractivity contribution is 6.12. The average molecular weight is 868 g/mol. The Bertz CT molecular complexity index is 3020. The number of allylic oxidation sites excluding steroid dienone is 2. The van der Waals surface area contributed by atoms with E-state index in [4.69, 9.17) is 15.0 Å². The average Bonchev–Trinajstić information content (AvgIpc) is 3.42. The van der Waals surface area contributed by atoms with E-state index in [-0.39, 0.29) is 5.41 Å². The molecule has 0 fully saturated rings. The van der Waals surface area contributed by atoms with Crippen molar-refractivity contribution >= 4 is 11.3 Å². The van der Waals surface area contributed by atoms with E-state index in [0.29, 0.717) is 12.4 Å². The van der Waals surface area contributed by atoms with E-state index in [1.165, 1.54) is 50.1 Å². The Morgan fingerprint density at radius 1 is 0.448 bits per heavy atom. The van der Waals surface area contributed by atoms with Gasteiger partial charge in [-0.1, -0.05) is 232 Å². The summed E-state index contributed by atoms with van der Waals surface area (Å²) in [5.41, 5.74) is 17.8. The van der Waals surface area contributed by atoms with Crippen LogP contribution < -0.4 is 0 Å². The van der Waals surface area contributed by atoms with Gasteiger partial charge >= 0.3 is 0 Å². The van der Waals surface area contributed by atoms with Gasteiger partial charge in [0.25, 0.3) is 0 Å². The van der Waals surface area contributed by atoms with Gasteiger partial charge in [-0.25, -0.2) is 9.97 Å². The predicted octanol–water partition coefficient (Wildman–Crippen LogP) is 16.8. The van der Waals surface area contributed by atoms with Crippen molar-refractivity contribution in [3.63, 3.8) is 0 Å². The summed E-state index contributed by atoms with van der Waals surface area (Å²) in [6.07, 6.45) is 4.16. The van der Waals surface area contributed by atoms with E-state index < -0.39 is 0 Å². The molecule has 3 heteroatoms. The molecule has 1 aromatic heterocycles. The van der Waals surface area contributed by atoms with Crippen LogP contribution in [0.1, 0.15) is 61.4 Å². The molecule has 1 heterocycles. The van der Waals surface area contributed by atoms with Crippen LogP contribution in [0.25, 0.3) is 61.7 Å². The molecule has 67 heavy (non-hydrogen) atoms. The molecule has 0 saturated heterocycles. The van der Waals surface area contributed by atoms with Crippen molar-refractivity contribution in [1.29, 1.82) is 0 Å². The maximum atomic E-state index is 5.22. The third-order valence-electron chi connectivity index (χ3n) is 12.8. The molecule has 0 aliphatic heterocycles. The topological polar surface area (TPSA) is 38.1 Å². The van der Waals surface area contributed by atoms with Gasteiger partial charge in [-0.3, -0.25) is 4.99 Å². The standard InChI is InChI=1S/C62H53N3.C2H4/c1-4-62(5-2,56-38-26-46(27-39-56)44-63-58(52-22-14-8-15-23-52)42-45(3)47-28-30-50(31-29-47)48-18-10-6-11-19-48)57-40-36-55(37-41-57)61-64-59(53-24-16-9-17-25-53)43-60(65-61)54-34-32-51(33-35-54)49-20-12-7-13-21-49;1-2/h6-43H,4-5,44H2,1-3H3;1-2H2/b45-42+,63-58?;. The normalized spacial score (nSPS) is 11.7. The number of benzene rings is 8. The summed E-state index contributed by atoms with van der Waals surface area (Å²) in [5.74, 6) is 0.712. The van der Waals surface area contributed by atoms with Crippen molar-refractivity contribution < 1.29 is 0 Å². The van der Waals surface area contributed by atoms with Crippen LogP contribution in [0.15, 0.2) is 249 Å². The van der Waals surface area contributed by atoms with Gasteiger partial charge in [0.15, 0.2) is 5.82 Å². The lowest BCUT2D eigenvalue weighted by Gasteiger charge is -2.33. The van der Waals surface area contributed by atoms with Gasteiger partial charge < -0.3 is 0 Å². The highest BCUT2D eigenvalue weighted by Gasteiger charge is 2.30. The smallest absolute Gasteiger partial charge is 0.160 e. The molecule has 0 unspecified atom stereocenters. The molecule has 9 aromatic rings. The monoisotopic (exact) mass is 867 g/mol. The molecule has 3 nitrogen and oxygen atoms in total. The van der Waals surface area contributed by atoms with Crippen molar-refractivity contribution in [1.82, 2.24) is 9.97 Å². The molecular weight excluding hydrogens is 811 g/mol. The SMILES string of the molecule is C=C.CCC(CC)(c1ccc(CN=C(/C=C(\C)c2ccc(-c3ccccc3)cc2)c2ccccc2)cc1)c1ccc(-c2nc(-c3ccccc3)cc(-c3ccc(-c4ccccc4)cc3)n2)cc1. The summed E-state index contributed by atoms with van der Waals surface area (Å²) in [5, 5.41) is 0. The van der Waals surface area contributed by atoms with Crippen molar-refractivity contribution in [2.24, 2.45) is 4.99 Å². The van der Waals surface area contributed by atoms with Gasteiger partial charge in [-0.05, 0) is 87.6 Å². The molecule has 328 valence electrons. The molecule has 0 saturated carbocycles. The molecule has 0 aliphatic carbocycles. The molecule has 0 atom stereocenters. The third kappa shape index (κ3) is 10.6. The van der Waals surface area contributed by atoms with Gasteiger partial charge in [-0.15, -0.1) is 13.2 Å². The minimum Gasteiger partial charge on any atom is -0.280 e. The maximum absolute atomic E-state index is 5.22. The van der Waals surface area contributed by atoms with Gasteiger partial charge in [0, 0.05) is 22.1 Å². The Morgan fingerprint density at radius 3 is 1.33 bits per heavy atom. The zero-order valence-electron chi connectivity index (χ0n) is 38.8. The number of nitrogens with zero attached hydrogens (tertiary/aromatic N) is 3. The number of hydrogen-bond acceptors (Lipinski definition) is 3. The zero-order valence-corrected chi connectivity index (χ0v) is 38.8. The summed E-state index contributed by atoms with van der Waals surface area (Å²) in [4.78, 5) is 15.5. The molecule has 0 radical (unpaired) electrons. The lowest BCUT2D eigenvalue weighted by Crippen LogP contribution is -2.26.